The number of anilines is 1. The summed E-state index contributed by atoms with van der Waals surface area (Å²) in [5.41, 5.74) is 0.464. The van der Waals surface area contributed by atoms with Crippen molar-refractivity contribution in [2.45, 2.75) is 26.3 Å². The maximum Gasteiger partial charge on any atom is 0.323 e. The van der Waals surface area contributed by atoms with Crippen LogP contribution in [0.3, 0.4) is 0 Å². The number of fused-ring (bicyclic) bond motifs is 1. The average molecular weight is 248 g/mol. The van der Waals surface area contributed by atoms with Gasteiger partial charge in [0.2, 0.25) is 0 Å². The molecule has 96 valence electrons. The van der Waals surface area contributed by atoms with Gasteiger partial charge in [0.25, 0.3) is 0 Å². The highest BCUT2D eigenvalue weighted by Crippen LogP contribution is 2.25. The van der Waals surface area contributed by atoms with Crippen molar-refractivity contribution in [3.63, 3.8) is 0 Å². The molecule has 18 heavy (non-hydrogen) atoms. The van der Waals surface area contributed by atoms with Gasteiger partial charge < -0.3 is 10.0 Å². The molecule has 2 rings (SSSR count). The molecule has 0 aliphatic rings. The SMILES string of the molecule is CC(C)(C)N(CC(=O)O)c1nccn2nccc12. The first-order chi connectivity index (χ1) is 8.39. The highest BCUT2D eigenvalue weighted by atomic mass is 16.4. The second-order valence-electron chi connectivity index (χ2n) is 5.06. The highest BCUT2D eigenvalue weighted by molar-refractivity contribution is 5.78. The van der Waals surface area contributed by atoms with E-state index in [2.05, 4.69) is 10.1 Å². The van der Waals surface area contributed by atoms with E-state index in [0.29, 0.717) is 5.82 Å². The second-order valence-corrected chi connectivity index (χ2v) is 5.06. The van der Waals surface area contributed by atoms with Crippen molar-refractivity contribution < 1.29 is 9.90 Å². The van der Waals surface area contributed by atoms with Crippen LogP contribution in [-0.4, -0.2) is 37.8 Å². The van der Waals surface area contributed by atoms with Gasteiger partial charge in [0.05, 0.1) is 6.20 Å². The number of carboxylic acids is 1. The summed E-state index contributed by atoms with van der Waals surface area (Å²) in [5.74, 6) is -0.252. The molecule has 2 aromatic rings. The minimum atomic E-state index is -0.881. The summed E-state index contributed by atoms with van der Waals surface area (Å²) < 4.78 is 1.68. The second kappa shape index (κ2) is 4.29. The molecule has 6 nitrogen and oxygen atoms in total. The molecule has 0 aliphatic heterocycles. The zero-order valence-corrected chi connectivity index (χ0v) is 10.7. The summed E-state index contributed by atoms with van der Waals surface area (Å²) in [6.45, 7) is 5.77. The molecule has 2 heterocycles. The van der Waals surface area contributed by atoms with Crippen molar-refractivity contribution >= 4 is 17.3 Å². The molecule has 0 atom stereocenters. The molecule has 0 aromatic carbocycles. The third-order valence-electron chi connectivity index (χ3n) is 2.66. The van der Waals surface area contributed by atoms with Crippen LogP contribution < -0.4 is 4.90 Å². The fraction of sp³-hybridized carbons (Fsp3) is 0.417. The van der Waals surface area contributed by atoms with Crippen LogP contribution >= 0.6 is 0 Å². The van der Waals surface area contributed by atoms with Crippen molar-refractivity contribution in [1.29, 1.82) is 0 Å². The standard InChI is InChI=1S/C12H16N4O2/c1-12(2,3)15(8-10(17)18)11-9-4-5-14-16(9)7-6-13-11/h4-7H,8H2,1-3H3,(H,17,18). The third kappa shape index (κ3) is 2.27. The molecule has 0 unspecified atom stereocenters. The lowest BCUT2D eigenvalue weighted by atomic mass is 10.1. The molecular formula is C12H16N4O2. The van der Waals surface area contributed by atoms with Gasteiger partial charge in [-0.25, -0.2) is 9.50 Å². The van der Waals surface area contributed by atoms with E-state index >= 15 is 0 Å². The Morgan fingerprint density at radius 3 is 2.78 bits per heavy atom. The molecular weight excluding hydrogens is 232 g/mol. The number of carbonyl (C=O) groups is 1. The Labute approximate surface area is 105 Å². The molecule has 6 heteroatoms. The fourth-order valence-corrected chi connectivity index (χ4v) is 1.82. The predicted molar refractivity (Wildman–Crippen MR) is 67.7 cm³/mol. The number of carboxylic acid groups (broad SMARTS) is 1. The maximum atomic E-state index is 11.0. The van der Waals surface area contributed by atoms with Gasteiger partial charge in [-0.3, -0.25) is 4.79 Å². The number of aliphatic carboxylic acids is 1. The number of hydrogen-bond donors (Lipinski definition) is 1. The fourth-order valence-electron chi connectivity index (χ4n) is 1.82. The summed E-state index contributed by atoms with van der Waals surface area (Å²) in [7, 11) is 0. The van der Waals surface area contributed by atoms with E-state index in [1.54, 1.807) is 28.0 Å². The number of hydrogen-bond acceptors (Lipinski definition) is 4. The first kappa shape index (κ1) is 12.3. The molecule has 2 aromatic heterocycles. The molecule has 0 saturated carbocycles. The smallest absolute Gasteiger partial charge is 0.323 e. The van der Waals surface area contributed by atoms with Gasteiger partial charge in [-0.15, -0.1) is 0 Å². The van der Waals surface area contributed by atoms with Gasteiger partial charge in [0, 0.05) is 17.9 Å². The van der Waals surface area contributed by atoms with Crippen molar-refractivity contribution in [3.05, 3.63) is 24.7 Å². The Bertz CT molecular complexity index is 571. The minimum Gasteiger partial charge on any atom is -0.480 e. The normalized spacial score (nSPS) is 11.7. The zero-order chi connectivity index (χ0) is 13.3. The Morgan fingerprint density at radius 2 is 2.17 bits per heavy atom. The molecule has 1 N–H and O–H groups in total. The lowest BCUT2D eigenvalue weighted by Gasteiger charge is -2.35. The number of nitrogens with zero attached hydrogens (tertiary/aromatic N) is 4. The largest absolute Gasteiger partial charge is 0.480 e. The van der Waals surface area contributed by atoms with Crippen LogP contribution in [0.15, 0.2) is 24.7 Å². The lowest BCUT2D eigenvalue weighted by Crippen LogP contribution is -2.45. The van der Waals surface area contributed by atoms with Crippen molar-refractivity contribution in [3.8, 4) is 0 Å². The van der Waals surface area contributed by atoms with E-state index in [0.717, 1.165) is 5.52 Å². The number of aromatic nitrogens is 3. The average Bonchev–Trinajstić information content (AvgIpc) is 2.71. The van der Waals surface area contributed by atoms with Gasteiger partial charge in [-0.05, 0) is 26.8 Å². The lowest BCUT2D eigenvalue weighted by molar-refractivity contribution is -0.135. The topological polar surface area (TPSA) is 70.7 Å². The molecule has 0 bridgehead atoms. The van der Waals surface area contributed by atoms with E-state index < -0.39 is 5.97 Å². The molecule has 0 radical (unpaired) electrons. The Morgan fingerprint density at radius 1 is 1.44 bits per heavy atom. The van der Waals surface area contributed by atoms with Crippen LogP contribution in [-0.2, 0) is 4.79 Å². The van der Waals surface area contributed by atoms with Crippen LogP contribution in [0.5, 0.6) is 0 Å². The number of rotatable bonds is 3. The summed E-state index contributed by atoms with van der Waals surface area (Å²) in [5, 5.41) is 13.2. The first-order valence-electron chi connectivity index (χ1n) is 5.67. The summed E-state index contributed by atoms with van der Waals surface area (Å²) in [6, 6.07) is 1.82. The van der Waals surface area contributed by atoms with Crippen molar-refractivity contribution in [2.75, 3.05) is 11.4 Å². The monoisotopic (exact) mass is 248 g/mol. The van der Waals surface area contributed by atoms with Gasteiger partial charge in [-0.1, -0.05) is 0 Å². The molecule has 0 aliphatic carbocycles. The van der Waals surface area contributed by atoms with E-state index in [1.165, 1.54) is 0 Å². The van der Waals surface area contributed by atoms with Gasteiger partial charge >= 0.3 is 5.97 Å². The van der Waals surface area contributed by atoms with Crippen LogP contribution in [0.1, 0.15) is 20.8 Å². The van der Waals surface area contributed by atoms with Crippen LogP contribution in [0, 0.1) is 0 Å². The summed E-state index contributed by atoms with van der Waals surface area (Å²) in [4.78, 5) is 17.1. The van der Waals surface area contributed by atoms with Crippen LogP contribution in [0.2, 0.25) is 0 Å². The van der Waals surface area contributed by atoms with Gasteiger partial charge in [0.15, 0.2) is 5.82 Å². The Kier molecular flexibility index (Phi) is 2.94. The zero-order valence-electron chi connectivity index (χ0n) is 10.7. The third-order valence-corrected chi connectivity index (χ3v) is 2.66. The highest BCUT2D eigenvalue weighted by Gasteiger charge is 2.26. The van der Waals surface area contributed by atoms with Crippen LogP contribution in [0.4, 0.5) is 5.82 Å². The molecule has 0 amide bonds. The Hall–Kier alpha value is -2.11. The Balaban J connectivity index is 2.54. The van der Waals surface area contributed by atoms with E-state index in [4.69, 9.17) is 5.11 Å². The predicted octanol–water partition coefficient (Wildman–Crippen LogP) is 1.42. The minimum absolute atomic E-state index is 0.0959. The summed E-state index contributed by atoms with van der Waals surface area (Å²) >= 11 is 0. The molecule has 0 spiro atoms. The van der Waals surface area contributed by atoms with Crippen LogP contribution in [0.25, 0.3) is 5.52 Å². The van der Waals surface area contributed by atoms with Crippen molar-refractivity contribution in [1.82, 2.24) is 14.6 Å². The first-order valence-corrected chi connectivity index (χ1v) is 5.67. The summed E-state index contributed by atoms with van der Waals surface area (Å²) in [6.07, 6.45) is 5.03. The quantitative estimate of drug-likeness (QED) is 0.889. The van der Waals surface area contributed by atoms with E-state index in [1.807, 2.05) is 26.8 Å². The molecule has 0 saturated heterocycles. The van der Waals surface area contributed by atoms with Crippen molar-refractivity contribution in [2.24, 2.45) is 0 Å². The van der Waals surface area contributed by atoms with E-state index in [-0.39, 0.29) is 12.1 Å². The van der Waals surface area contributed by atoms with Gasteiger partial charge in [0.1, 0.15) is 12.1 Å². The van der Waals surface area contributed by atoms with E-state index in [9.17, 15) is 4.79 Å². The maximum absolute atomic E-state index is 11.0. The van der Waals surface area contributed by atoms with Gasteiger partial charge in [-0.2, -0.15) is 5.10 Å². The molecule has 0 fully saturated rings.